The summed E-state index contributed by atoms with van der Waals surface area (Å²) in [4.78, 5) is 51.5. The molecule has 42 heavy (non-hydrogen) atoms. The Labute approximate surface area is 251 Å². The number of aromatic nitrogens is 1. The van der Waals surface area contributed by atoms with Gasteiger partial charge in [0, 0.05) is 49.3 Å². The molecule has 6 rings (SSSR count). The smallest absolute Gasteiger partial charge is 0.251 e. The minimum atomic E-state index is -0.698. The maximum Gasteiger partial charge on any atom is 0.251 e. The average molecular weight is 596 g/mol. The SMILES string of the molecule is CCO[C@H]1CN(C(=O)[C@@H](NC(=O)c2ccc(-c3csc(N4CCN(C)CC4)n3)cc2)C2CCCCC2)[C@@H]2C(=O)CO[C@H]12. The zero-order valence-electron chi connectivity index (χ0n) is 24.5. The number of likely N-dealkylation sites (tertiary alicyclic amines) is 1. The summed E-state index contributed by atoms with van der Waals surface area (Å²) in [6.45, 7) is 6.65. The van der Waals surface area contributed by atoms with Crippen LogP contribution in [0.2, 0.25) is 0 Å². The van der Waals surface area contributed by atoms with Crippen LogP contribution in [0.4, 0.5) is 5.13 Å². The van der Waals surface area contributed by atoms with E-state index in [0.29, 0.717) is 18.7 Å². The Morgan fingerprint density at radius 2 is 1.86 bits per heavy atom. The maximum atomic E-state index is 14.1. The molecule has 226 valence electrons. The predicted octanol–water partition coefficient (Wildman–Crippen LogP) is 2.82. The summed E-state index contributed by atoms with van der Waals surface area (Å²) in [5.74, 6) is -0.563. The Kier molecular flexibility index (Phi) is 8.90. The van der Waals surface area contributed by atoms with Gasteiger partial charge >= 0.3 is 0 Å². The van der Waals surface area contributed by atoms with Crippen LogP contribution >= 0.6 is 11.3 Å². The summed E-state index contributed by atoms with van der Waals surface area (Å²) in [5, 5.41) is 6.17. The fourth-order valence-electron chi connectivity index (χ4n) is 6.78. The molecule has 10 nitrogen and oxygen atoms in total. The summed E-state index contributed by atoms with van der Waals surface area (Å²) >= 11 is 1.64. The molecule has 0 bridgehead atoms. The largest absolute Gasteiger partial charge is 0.374 e. The number of nitrogens with one attached hydrogen (secondary N) is 1. The highest BCUT2D eigenvalue weighted by molar-refractivity contribution is 7.14. The third-order valence-electron chi connectivity index (χ3n) is 9.18. The van der Waals surface area contributed by atoms with Crippen molar-refractivity contribution in [2.24, 2.45) is 5.92 Å². The van der Waals surface area contributed by atoms with Crippen LogP contribution in [0, 0.1) is 5.92 Å². The molecule has 1 N–H and O–H groups in total. The quantitative estimate of drug-likeness (QED) is 0.497. The molecule has 0 spiro atoms. The lowest BCUT2D eigenvalue weighted by atomic mass is 9.83. The molecule has 4 aliphatic rings. The number of fused-ring (bicyclic) bond motifs is 1. The van der Waals surface area contributed by atoms with Crippen molar-refractivity contribution >= 4 is 34.1 Å². The molecular weight excluding hydrogens is 554 g/mol. The Balaban J connectivity index is 1.16. The number of carbonyl (C=O) groups is 3. The van der Waals surface area contributed by atoms with E-state index < -0.39 is 18.2 Å². The molecule has 1 aromatic carbocycles. The Morgan fingerprint density at radius 3 is 2.57 bits per heavy atom. The van der Waals surface area contributed by atoms with Crippen LogP contribution in [0.15, 0.2) is 29.6 Å². The topological polar surface area (TPSA) is 104 Å². The van der Waals surface area contributed by atoms with Gasteiger partial charge in [-0.15, -0.1) is 11.3 Å². The van der Waals surface area contributed by atoms with Gasteiger partial charge in [0.05, 0.1) is 12.2 Å². The van der Waals surface area contributed by atoms with Gasteiger partial charge in [0.15, 0.2) is 10.9 Å². The molecule has 4 atom stereocenters. The third-order valence-corrected chi connectivity index (χ3v) is 10.1. The normalized spacial score (nSPS) is 26.0. The van der Waals surface area contributed by atoms with Crippen LogP contribution in [0.5, 0.6) is 0 Å². The van der Waals surface area contributed by atoms with Gasteiger partial charge < -0.3 is 29.5 Å². The first kappa shape index (κ1) is 29.2. The number of ether oxygens (including phenoxy) is 2. The first-order valence-electron chi connectivity index (χ1n) is 15.3. The highest BCUT2D eigenvalue weighted by Crippen LogP contribution is 2.34. The van der Waals surface area contributed by atoms with Crippen molar-refractivity contribution in [3.05, 3.63) is 35.2 Å². The molecule has 3 aliphatic heterocycles. The second-order valence-corrected chi connectivity index (χ2v) is 12.7. The maximum absolute atomic E-state index is 14.1. The Morgan fingerprint density at radius 1 is 1.12 bits per heavy atom. The van der Waals surface area contributed by atoms with Crippen molar-refractivity contribution in [2.75, 3.05) is 57.9 Å². The Hall–Kier alpha value is -2.86. The number of benzene rings is 1. The highest BCUT2D eigenvalue weighted by atomic mass is 32.1. The molecule has 1 aromatic heterocycles. The second-order valence-electron chi connectivity index (χ2n) is 11.9. The number of thiazole rings is 1. The fraction of sp³-hybridized carbons (Fsp3) is 0.613. The van der Waals surface area contributed by atoms with E-state index in [1.54, 1.807) is 28.4 Å². The molecule has 2 aromatic rings. The summed E-state index contributed by atoms with van der Waals surface area (Å²) in [7, 11) is 2.14. The zero-order chi connectivity index (χ0) is 29.2. The average Bonchev–Trinajstić information content (AvgIpc) is 3.75. The molecule has 1 saturated carbocycles. The van der Waals surface area contributed by atoms with Gasteiger partial charge in [-0.25, -0.2) is 4.98 Å². The van der Waals surface area contributed by atoms with E-state index in [-0.39, 0.29) is 36.2 Å². The number of carbonyl (C=O) groups excluding carboxylic acids is 3. The van der Waals surface area contributed by atoms with Crippen molar-refractivity contribution in [3.63, 3.8) is 0 Å². The minimum absolute atomic E-state index is 0.00859. The minimum Gasteiger partial charge on any atom is -0.374 e. The van der Waals surface area contributed by atoms with Crippen molar-refractivity contribution in [3.8, 4) is 11.3 Å². The van der Waals surface area contributed by atoms with E-state index in [1.807, 2.05) is 19.1 Å². The number of nitrogens with zero attached hydrogens (tertiary/aromatic N) is 4. The Bertz CT molecular complexity index is 1270. The predicted molar refractivity (Wildman–Crippen MR) is 161 cm³/mol. The molecule has 3 saturated heterocycles. The van der Waals surface area contributed by atoms with E-state index in [4.69, 9.17) is 14.5 Å². The van der Waals surface area contributed by atoms with Crippen LogP contribution in [0.3, 0.4) is 0 Å². The van der Waals surface area contributed by atoms with E-state index in [1.165, 1.54) is 0 Å². The van der Waals surface area contributed by atoms with E-state index in [0.717, 1.165) is 74.7 Å². The first-order valence-corrected chi connectivity index (χ1v) is 16.2. The fourth-order valence-corrected chi connectivity index (χ4v) is 7.67. The van der Waals surface area contributed by atoms with Crippen molar-refractivity contribution in [1.29, 1.82) is 0 Å². The zero-order valence-corrected chi connectivity index (χ0v) is 25.3. The highest BCUT2D eigenvalue weighted by Gasteiger charge is 2.54. The lowest BCUT2D eigenvalue weighted by molar-refractivity contribution is -0.139. The van der Waals surface area contributed by atoms with Gasteiger partial charge in [0.1, 0.15) is 30.9 Å². The monoisotopic (exact) mass is 595 g/mol. The lowest BCUT2D eigenvalue weighted by Crippen LogP contribution is -2.55. The van der Waals surface area contributed by atoms with Crippen molar-refractivity contribution < 1.29 is 23.9 Å². The standard InChI is InChI=1S/C31H41N5O5S/c1-3-40-25-17-36(27-24(37)18-41-28(25)27)30(39)26(21-7-5-4-6-8-21)33-29(38)22-11-9-20(10-12-22)23-19-42-31(32-23)35-15-13-34(2)14-16-35/h9-12,19,21,25-28H,3-8,13-18H2,1-2H3,(H,33,38)/t25-,26-,27+,28+/m0/s1. The molecule has 0 unspecified atom stereocenters. The number of hydrogen-bond donors (Lipinski definition) is 1. The first-order chi connectivity index (χ1) is 20.4. The summed E-state index contributed by atoms with van der Waals surface area (Å²) in [5.41, 5.74) is 2.34. The van der Waals surface area contributed by atoms with Gasteiger partial charge in [-0.2, -0.15) is 0 Å². The number of ketones is 1. The number of amides is 2. The van der Waals surface area contributed by atoms with Gasteiger partial charge in [-0.1, -0.05) is 31.4 Å². The van der Waals surface area contributed by atoms with Crippen LogP contribution < -0.4 is 10.2 Å². The van der Waals surface area contributed by atoms with Gasteiger partial charge in [-0.05, 0) is 44.9 Å². The van der Waals surface area contributed by atoms with Crippen LogP contribution in [0.1, 0.15) is 49.4 Å². The number of piperazine rings is 1. The molecule has 0 radical (unpaired) electrons. The van der Waals surface area contributed by atoms with Gasteiger partial charge in [0.2, 0.25) is 5.91 Å². The summed E-state index contributed by atoms with van der Waals surface area (Å²) in [6.07, 6.45) is 4.14. The van der Waals surface area contributed by atoms with Crippen LogP contribution in [0.25, 0.3) is 11.3 Å². The van der Waals surface area contributed by atoms with Crippen molar-refractivity contribution in [1.82, 2.24) is 20.1 Å². The van der Waals surface area contributed by atoms with Gasteiger partial charge in [-0.3, -0.25) is 14.4 Å². The van der Waals surface area contributed by atoms with E-state index in [9.17, 15) is 14.4 Å². The van der Waals surface area contributed by atoms with Crippen LogP contribution in [-0.4, -0.2) is 110 Å². The number of rotatable bonds is 8. The third kappa shape index (κ3) is 5.97. The molecule has 2 amide bonds. The molecular formula is C31H41N5O5S. The van der Waals surface area contributed by atoms with Crippen LogP contribution in [-0.2, 0) is 19.1 Å². The molecule has 4 heterocycles. The molecule has 4 fully saturated rings. The number of Topliss-reactive ketones (excluding diaryl/α,β-unsaturated/α-hetero) is 1. The lowest BCUT2D eigenvalue weighted by Gasteiger charge is -2.34. The summed E-state index contributed by atoms with van der Waals surface area (Å²) in [6, 6.07) is 6.09. The van der Waals surface area contributed by atoms with Gasteiger partial charge in [0.25, 0.3) is 5.91 Å². The van der Waals surface area contributed by atoms with E-state index >= 15 is 0 Å². The molecule has 11 heteroatoms. The van der Waals surface area contributed by atoms with E-state index in [2.05, 4.69) is 27.5 Å². The number of likely N-dealkylation sites (N-methyl/N-ethyl adjacent to an activating group) is 1. The summed E-state index contributed by atoms with van der Waals surface area (Å²) < 4.78 is 11.6. The second kappa shape index (κ2) is 12.8. The number of hydrogen-bond acceptors (Lipinski definition) is 9. The number of anilines is 1. The molecule has 1 aliphatic carbocycles. The van der Waals surface area contributed by atoms with Crippen molar-refractivity contribution in [2.45, 2.75) is 63.3 Å².